The average Bonchev–Trinajstić information content (AvgIpc) is 3.01. The molecular formula is C23H26F2N4O. The molecule has 1 aliphatic heterocycles. The first kappa shape index (κ1) is 21.7. The molecule has 5 nitrogen and oxygen atoms in total. The van der Waals surface area contributed by atoms with Crippen molar-refractivity contribution in [2.24, 2.45) is 0 Å². The molecule has 0 aliphatic carbocycles. The van der Waals surface area contributed by atoms with Crippen LogP contribution in [0.2, 0.25) is 0 Å². The summed E-state index contributed by atoms with van der Waals surface area (Å²) in [4.78, 5) is 19.2. The monoisotopic (exact) mass is 412 g/mol. The number of carbonyl (C=O) groups excluding carboxylic acids is 1. The topological polar surface area (TPSA) is 50.6 Å². The molecule has 1 fully saturated rings. The summed E-state index contributed by atoms with van der Waals surface area (Å²) >= 11 is 0. The number of hydrogen-bond acceptors (Lipinski definition) is 4. The van der Waals surface area contributed by atoms with Gasteiger partial charge in [0.1, 0.15) is 11.6 Å². The van der Waals surface area contributed by atoms with E-state index in [9.17, 15) is 13.6 Å². The van der Waals surface area contributed by atoms with Crippen molar-refractivity contribution in [3.63, 3.8) is 0 Å². The SMILES string of the molecule is CC(C(=O)N(CCC#N)c1ccc(F)cc1)N1CCCN(c2ccc(F)cc2)CC1. The zero-order chi connectivity index (χ0) is 21.5. The maximum Gasteiger partial charge on any atom is 0.244 e. The van der Waals surface area contributed by atoms with Crippen LogP contribution in [0.15, 0.2) is 48.5 Å². The highest BCUT2D eigenvalue weighted by atomic mass is 19.1. The first-order chi connectivity index (χ1) is 14.5. The maximum atomic E-state index is 13.3. The minimum absolute atomic E-state index is 0.105. The van der Waals surface area contributed by atoms with Crippen molar-refractivity contribution >= 4 is 17.3 Å². The lowest BCUT2D eigenvalue weighted by atomic mass is 10.2. The molecule has 0 bridgehead atoms. The third kappa shape index (κ3) is 5.33. The van der Waals surface area contributed by atoms with Crippen LogP contribution in [0.1, 0.15) is 19.8 Å². The zero-order valence-electron chi connectivity index (χ0n) is 17.1. The Morgan fingerprint density at radius 1 is 1.03 bits per heavy atom. The van der Waals surface area contributed by atoms with Gasteiger partial charge in [0.15, 0.2) is 0 Å². The van der Waals surface area contributed by atoms with Crippen molar-refractivity contribution < 1.29 is 13.6 Å². The number of nitriles is 1. The molecule has 0 radical (unpaired) electrons. The third-order valence-corrected chi connectivity index (χ3v) is 5.48. The molecule has 1 unspecified atom stereocenters. The maximum absolute atomic E-state index is 13.3. The van der Waals surface area contributed by atoms with Crippen molar-refractivity contribution in [3.8, 4) is 6.07 Å². The molecule has 1 amide bonds. The number of carbonyl (C=O) groups is 1. The molecule has 1 saturated heterocycles. The second-order valence-electron chi connectivity index (χ2n) is 7.40. The molecular weight excluding hydrogens is 386 g/mol. The Morgan fingerprint density at radius 2 is 1.67 bits per heavy atom. The Balaban J connectivity index is 1.69. The van der Waals surface area contributed by atoms with Crippen LogP contribution < -0.4 is 9.80 Å². The number of nitrogens with zero attached hydrogens (tertiary/aromatic N) is 4. The van der Waals surface area contributed by atoms with Gasteiger partial charge in [0, 0.05) is 44.1 Å². The first-order valence-corrected chi connectivity index (χ1v) is 10.2. The van der Waals surface area contributed by atoms with Gasteiger partial charge >= 0.3 is 0 Å². The van der Waals surface area contributed by atoms with Gasteiger partial charge in [-0.2, -0.15) is 5.26 Å². The molecule has 30 heavy (non-hydrogen) atoms. The van der Waals surface area contributed by atoms with E-state index in [1.165, 1.54) is 24.3 Å². The number of benzene rings is 2. The van der Waals surface area contributed by atoms with Gasteiger partial charge < -0.3 is 9.80 Å². The molecule has 7 heteroatoms. The molecule has 0 saturated carbocycles. The van der Waals surface area contributed by atoms with Crippen molar-refractivity contribution in [3.05, 3.63) is 60.2 Å². The highest BCUT2D eigenvalue weighted by Crippen LogP contribution is 2.21. The fourth-order valence-electron chi connectivity index (χ4n) is 3.77. The van der Waals surface area contributed by atoms with Gasteiger partial charge in [0.2, 0.25) is 5.91 Å². The van der Waals surface area contributed by atoms with Crippen LogP contribution in [-0.2, 0) is 4.79 Å². The van der Waals surface area contributed by atoms with E-state index in [4.69, 9.17) is 5.26 Å². The minimum Gasteiger partial charge on any atom is -0.370 e. The van der Waals surface area contributed by atoms with Gasteiger partial charge in [-0.25, -0.2) is 8.78 Å². The van der Waals surface area contributed by atoms with E-state index in [1.807, 2.05) is 6.92 Å². The van der Waals surface area contributed by atoms with E-state index < -0.39 is 0 Å². The summed E-state index contributed by atoms with van der Waals surface area (Å²) in [5.74, 6) is -0.729. The highest BCUT2D eigenvalue weighted by molar-refractivity contribution is 5.97. The van der Waals surface area contributed by atoms with E-state index >= 15 is 0 Å². The van der Waals surface area contributed by atoms with Crippen molar-refractivity contribution in [2.45, 2.75) is 25.8 Å². The number of hydrogen-bond donors (Lipinski definition) is 0. The number of amides is 1. The fourth-order valence-corrected chi connectivity index (χ4v) is 3.77. The lowest BCUT2D eigenvalue weighted by Crippen LogP contribution is -2.48. The lowest BCUT2D eigenvalue weighted by Gasteiger charge is -2.32. The highest BCUT2D eigenvalue weighted by Gasteiger charge is 2.28. The van der Waals surface area contributed by atoms with E-state index in [0.717, 1.165) is 31.7 Å². The molecule has 2 aromatic carbocycles. The van der Waals surface area contributed by atoms with Crippen LogP contribution in [0, 0.1) is 23.0 Å². The smallest absolute Gasteiger partial charge is 0.244 e. The standard InChI is InChI=1S/C23H26F2N4O/c1-18(23(30)29(15-2-12-26)22-10-6-20(25)7-11-22)27-13-3-14-28(17-16-27)21-8-4-19(24)5-9-21/h4-11,18H,2-3,13-17H2,1H3. The number of anilines is 2. The van der Waals surface area contributed by atoms with Crippen LogP contribution >= 0.6 is 0 Å². The van der Waals surface area contributed by atoms with Gasteiger partial charge in [-0.1, -0.05) is 0 Å². The second kappa shape index (κ2) is 10.2. The van der Waals surface area contributed by atoms with Crippen LogP contribution in [-0.4, -0.2) is 49.6 Å². The summed E-state index contributed by atoms with van der Waals surface area (Å²) in [6, 6.07) is 13.9. The summed E-state index contributed by atoms with van der Waals surface area (Å²) in [7, 11) is 0. The van der Waals surface area contributed by atoms with Gasteiger partial charge in [-0.3, -0.25) is 9.69 Å². The molecule has 3 rings (SSSR count). The van der Waals surface area contributed by atoms with Gasteiger partial charge in [-0.15, -0.1) is 0 Å². The van der Waals surface area contributed by atoms with Crippen LogP contribution in [0.5, 0.6) is 0 Å². The Kier molecular flexibility index (Phi) is 7.36. The summed E-state index contributed by atoms with van der Waals surface area (Å²) in [5, 5.41) is 8.98. The average molecular weight is 412 g/mol. The lowest BCUT2D eigenvalue weighted by molar-refractivity contribution is -0.123. The van der Waals surface area contributed by atoms with Gasteiger partial charge in [0.05, 0.1) is 18.5 Å². The molecule has 158 valence electrons. The van der Waals surface area contributed by atoms with Crippen molar-refractivity contribution in [1.29, 1.82) is 5.26 Å². The Morgan fingerprint density at radius 3 is 2.30 bits per heavy atom. The van der Waals surface area contributed by atoms with Gasteiger partial charge in [0.25, 0.3) is 0 Å². The van der Waals surface area contributed by atoms with E-state index in [1.54, 1.807) is 29.2 Å². The van der Waals surface area contributed by atoms with Crippen LogP contribution in [0.4, 0.5) is 20.2 Å². The molecule has 0 spiro atoms. The quantitative estimate of drug-likeness (QED) is 0.724. The summed E-state index contributed by atoms with van der Waals surface area (Å²) in [6.45, 7) is 5.16. The summed E-state index contributed by atoms with van der Waals surface area (Å²) < 4.78 is 26.5. The Bertz CT molecular complexity index is 880. The minimum atomic E-state index is -0.373. The zero-order valence-corrected chi connectivity index (χ0v) is 17.1. The number of rotatable bonds is 6. The van der Waals surface area contributed by atoms with Crippen molar-refractivity contribution in [1.82, 2.24) is 4.90 Å². The molecule has 2 aromatic rings. The molecule has 1 aliphatic rings. The van der Waals surface area contributed by atoms with Crippen molar-refractivity contribution in [2.75, 3.05) is 42.5 Å². The Labute approximate surface area is 176 Å². The molecule has 0 N–H and O–H groups in total. The largest absolute Gasteiger partial charge is 0.370 e. The van der Waals surface area contributed by atoms with Crippen LogP contribution in [0.25, 0.3) is 0 Å². The van der Waals surface area contributed by atoms with Crippen LogP contribution in [0.3, 0.4) is 0 Å². The second-order valence-corrected chi connectivity index (χ2v) is 7.40. The number of halogens is 2. The van der Waals surface area contributed by atoms with Gasteiger partial charge in [-0.05, 0) is 61.9 Å². The predicted octanol–water partition coefficient (Wildman–Crippen LogP) is 3.81. The molecule has 0 aromatic heterocycles. The third-order valence-electron chi connectivity index (χ3n) is 5.48. The molecule has 1 atom stereocenters. The first-order valence-electron chi connectivity index (χ1n) is 10.2. The fraction of sp³-hybridized carbons (Fsp3) is 0.391. The van der Waals surface area contributed by atoms with E-state index in [-0.39, 0.29) is 36.5 Å². The van der Waals surface area contributed by atoms with E-state index in [2.05, 4.69) is 15.9 Å². The molecule has 1 heterocycles. The normalized spacial score (nSPS) is 15.9. The summed E-state index contributed by atoms with van der Waals surface area (Å²) in [5.41, 5.74) is 1.56. The van der Waals surface area contributed by atoms with E-state index in [0.29, 0.717) is 12.2 Å². The summed E-state index contributed by atoms with van der Waals surface area (Å²) in [6.07, 6.45) is 1.08. The predicted molar refractivity (Wildman–Crippen MR) is 113 cm³/mol. The Hall–Kier alpha value is -2.98.